The smallest absolute Gasteiger partial charge is 0.251 e. The minimum Gasteiger partial charge on any atom is -0.357 e. The van der Waals surface area contributed by atoms with Crippen LogP contribution in [0.15, 0.2) is 54.7 Å². The molecule has 1 aromatic carbocycles. The number of amides is 1. The second-order valence-electron chi connectivity index (χ2n) is 5.69. The SMILES string of the molecule is O=C(NCC1CCN(c2ccccn2)CC1)c1ccccc1. The van der Waals surface area contributed by atoms with E-state index in [-0.39, 0.29) is 5.91 Å². The zero-order chi connectivity index (χ0) is 15.2. The summed E-state index contributed by atoms with van der Waals surface area (Å²) < 4.78 is 0. The van der Waals surface area contributed by atoms with Gasteiger partial charge < -0.3 is 10.2 Å². The van der Waals surface area contributed by atoms with Gasteiger partial charge in [0.15, 0.2) is 0 Å². The fraction of sp³-hybridized carbons (Fsp3) is 0.333. The van der Waals surface area contributed by atoms with Crippen molar-refractivity contribution in [2.24, 2.45) is 5.92 Å². The highest BCUT2D eigenvalue weighted by Crippen LogP contribution is 2.21. The summed E-state index contributed by atoms with van der Waals surface area (Å²) in [6, 6.07) is 15.4. The number of hydrogen-bond donors (Lipinski definition) is 1. The first kappa shape index (κ1) is 14.6. The summed E-state index contributed by atoms with van der Waals surface area (Å²) in [5.41, 5.74) is 0.730. The minimum atomic E-state index is 0.0211. The molecule has 4 heteroatoms. The lowest BCUT2D eigenvalue weighted by Crippen LogP contribution is -2.39. The van der Waals surface area contributed by atoms with E-state index >= 15 is 0 Å². The van der Waals surface area contributed by atoms with Gasteiger partial charge in [0.1, 0.15) is 5.82 Å². The molecule has 0 aliphatic carbocycles. The number of hydrogen-bond acceptors (Lipinski definition) is 3. The van der Waals surface area contributed by atoms with Gasteiger partial charge in [0.25, 0.3) is 5.91 Å². The van der Waals surface area contributed by atoms with Crippen LogP contribution < -0.4 is 10.2 Å². The van der Waals surface area contributed by atoms with Gasteiger partial charge in [0.2, 0.25) is 0 Å². The van der Waals surface area contributed by atoms with Crippen molar-refractivity contribution in [2.75, 3.05) is 24.5 Å². The van der Waals surface area contributed by atoms with E-state index in [0.717, 1.165) is 43.9 Å². The number of benzene rings is 1. The quantitative estimate of drug-likeness (QED) is 0.943. The fourth-order valence-electron chi connectivity index (χ4n) is 2.84. The highest BCUT2D eigenvalue weighted by atomic mass is 16.1. The van der Waals surface area contributed by atoms with Crippen LogP contribution >= 0.6 is 0 Å². The molecule has 0 saturated carbocycles. The number of nitrogens with zero attached hydrogens (tertiary/aromatic N) is 2. The minimum absolute atomic E-state index is 0.0211. The third kappa shape index (κ3) is 3.64. The average molecular weight is 295 g/mol. The Morgan fingerprint density at radius 1 is 1.09 bits per heavy atom. The molecular weight excluding hydrogens is 274 g/mol. The number of nitrogens with one attached hydrogen (secondary N) is 1. The summed E-state index contributed by atoms with van der Waals surface area (Å²) in [6.07, 6.45) is 4.01. The van der Waals surface area contributed by atoms with E-state index in [4.69, 9.17) is 0 Å². The maximum Gasteiger partial charge on any atom is 0.251 e. The van der Waals surface area contributed by atoms with E-state index in [2.05, 4.69) is 21.3 Å². The second-order valence-corrected chi connectivity index (χ2v) is 5.69. The lowest BCUT2D eigenvalue weighted by atomic mass is 9.96. The molecule has 1 N–H and O–H groups in total. The van der Waals surface area contributed by atoms with Crippen LogP contribution in [0.4, 0.5) is 5.82 Å². The molecule has 0 unspecified atom stereocenters. The van der Waals surface area contributed by atoms with Crippen molar-refractivity contribution in [2.45, 2.75) is 12.8 Å². The molecule has 0 radical (unpaired) electrons. The normalized spacial score (nSPS) is 15.5. The molecule has 1 saturated heterocycles. The summed E-state index contributed by atoms with van der Waals surface area (Å²) in [4.78, 5) is 18.8. The zero-order valence-corrected chi connectivity index (χ0v) is 12.6. The van der Waals surface area contributed by atoms with E-state index in [9.17, 15) is 4.79 Å². The monoisotopic (exact) mass is 295 g/mol. The highest BCUT2D eigenvalue weighted by molar-refractivity contribution is 5.94. The summed E-state index contributed by atoms with van der Waals surface area (Å²) in [5, 5.41) is 3.05. The van der Waals surface area contributed by atoms with Crippen molar-refractivity contribution < 1.29 is 4.79 Å². The number of aromatic nitrogens is 1. The van der Waals surface area contributed by atoms with E-state index in [0.29, 0.717) is 5.92 Å². The van der Waals surface area contributed by atoms with Crippen LogP contribution in [-0.4, -0.2) is 30.5 Å². The topological polar surface area (TPSA) is 45.2 Å². The third-order valence-electron chi connectivity index (χ3n) is 4.18. The Morgan fingerprint density at radius 3 is 2.50 bits per heavy atom. The van der Waals surface area contributed by atoms with Crippen LogP contribution in [0, 0.1) is 5.92 Å². The zero-order valence-electron chi connectivity index (χ0n) is 12.6. The average Bonchev–Trinajstić information content (AvgIpc) is 2.61. The standard InChI is InChI=1S/C18H21N3O/c22-18(16-6-2-1-3-7-16)20-14-15-9-12-21(13-10-15)17-8-4-5-11-19-17/h1-8,11,15H,9-10,12-14H2,(H,20,22). The molecule has 0 atom stereocenters. The van der Waals surface area contributed by atoms with Gasteiger partial charge in [-0.05, 0) is 43.0 Å². The second kappa shape index (κ2) is 7.07. The molecule has 0 spiro atoms. The summed E-state index contributed by atoms with van der Waals surface area (Å²) in [7, 11) is 0. The van der Waals surface area contributed by atoms with Crippen LogP contribution in [0.3, 0.4) is 0 Å². The largest absolute Gasteiger partial charge is 0.357 e. The van der Waals surface area contributed by atoms with Crippen molar-refractivity contribution in [3.05, 3.63) is 60.3 Å². The van der Waals surface area contributed by atoms with Crippen LogP contribution in [0.2, 0.25) is 0 Å². The van der Waals surface area contributed by atoms with Gasteiger partial charge in [-0.25, -0.2) is 4.98 Å². The van der Waals surface area contributed by atoms with Crippen molar-refractivity contribution in [1.29, 1.82) is 0 Å². The molecule has 1 aliphatic rings. The Morgan fingerprint density at radius 2 is 1.82 bits per heavy atom. The van der Waals surface area contributed by atoms with Crippen molar-refractivity contribution in [3.8, 4) is 0 Å². The maximum absolute atomic E-state index is 12.0. The van der Waals surface area contributed by atoms with Crippen LogP contribution in [0.25, 0.3) is 0 Å². The first-order chi connectivity index (χ1) is 10.8. The van der Waals surface area contributed by atoms with Crippen LogP contribution in [0.5, 0.6) is 0 Å². The van der Waals surface area contributed by atoms with Gasteiger partial charge in [-0.2, -0.15) is 0 Å². The Kier molecular flexibility index (Phi) is 4.68. The molecule has 3 rings (SSSR count). The van der Waals surface area contributed by atoms with E-state index < -0.39 is 0 Å². The van der Waals surface area contributed by atoms with E-state index in [1.165, 1.54) is 0 Å². The Labute approximate surface area is 131 Å². The number of carbonyl (C=O) groups excluding carboxylic acids is 1. The molecule has 1 amide bonds. The fourth-order valence-corrected chi connectivity index (χ4v) is 2.84. The van der Waals surface area contributed by atoms with Gasteiger partial charge >= 0.3 is 0 Å². The van der Waals surface area contributed by atoms with Crippen LogP contribution in [-0.2, 0) is 0 Å². The van der Waals surface area contributed by atoms with Gasteiger partial charge in [-0.3, -0.25) is 4.79 Å². The predicted molar refractivity (Wildman–Crippen MR) is 87.9 cm³/mol. The number of anilines is 1. The van der Waals surface area contributed by atoms with Gasteiger partial charge in [0.05, 0.1) is 0 Å². The van der Waals surface area contributed by atoms with E-state index in [1.807, 2.05) is 48.7 Å². The third-order valence-corrected chi connectivity index (χ3v) is 4.18. The van der Waals surface area contributed by atoms with Crippen LogP contribution in [0.1, 0.15) is 23.2 Å². The molecule has 22 heavy (non-hydrogen) atoms. The summed E-state index contributed by atoms with van der Waals surface area (Å²) >= 11 is 0. The first-order valence-corrected chi connectivity index (χ1v) is 7.82. The summed E-state index contributed by atoms with van der Waals surface area (Å²) in [5.74, 6) is 1.62. The van der Waals surface area contributed by atoms with Crippen molar-refractivity contribution >= 4 is 11.7 Å². The highest BCUT2D eigenvalue weighted by Gasteiger charge is 2.20. The van der Waals surface area contributed by atoms with Gasteiger partial charge in [0, 0.05) is 31.4 Å². The molecule has 1 aliphatic heterocycles. The number of piperidine rings is 1. The lowest BCUT2D eigenvalue weighted by molar-refractivity contribution is 0.0945. The molecular formula is C18H21N3O. The van der Waals surface area contributed by atoms with Crippen molar-refractivity contribution in [3.63, 3.8) is 0 Å². The molecule has 1 fully saturated rings. The predicted octanol–water partition coefficient (Wildman–Crippen LogP) is 2.73. The molecule has 0 bridgehead atoms. The molecule has 4 nitrogen and oxygen atoms in total. The van der Waals surface area contributed by atoms with E-state index in [1.54, 1.807) is 0 Å². The Hall–Kier alpha value is -2.36. The van der Waals surface area contributed by atoms with Crippen molar-refractivity contribution in [1.82, 2.24) is 10.3 Å². The molecule has 2 aromatic rings. The Balaban J connectivity index is 1.45. The molecule has 2 heterocycles. The number of pyridine rings is 1. The number of rotatable bonds is 4. The molecule has 1 aromatic heterocycles. The maximum atomic E-state index is 12.0. The first-order valence-electron chi connectivity index (χ1n) is 7.82. The van der Waals surface area contributed by atoms with Gasteiger partial charge in [-0.1, -0.05) is 24.3 Å². The Bertz CT molecular complexity index is 592. The molecule has 114 valence electrons. The lowest BCUT2D eigenvalue weighted by Gasteiger charge is -2.32. The number of carbonyl (C=O) groups is 1. The summed E-state index contributed by atoms with van der Waals surface area (Å²) in [6.45, 7) is 2.76. The van der Waals surface area contributed by atoms with Gasteiger partial charge in [-0.15, -0.1) is 0 Å².